The van der Waals surface area contributed by atoms with Gasteiger partial charge in [-0.2, -0.15) is 13.2 Å². The highest BCUT2D eigenvalue weighted by molar-refractivity contribution is 6.30. The van der Waals surface area contributed by atoms with E-state index in [1.54, 1.807) is 43.9 Å². The molecule has 3 rings (SSSR count). The van der Waals surface area contributed by atoms with Crippen molar-refractivity contribution in [2.45, 2.75) is 32.5 Å². The van der Waals surface area contributed by atoms with Crippen LogP contribution in [0.25, 0.3) is 11.4 Å². The van der Waals surface area contributed by atoms with Crippen LogP contribution in [-0.2, 0) is 10.9 Å². The van der Waals surface area contributed by atoms with Gasteiger partial charge >= 0.3 is 12.3 Å². The summed E-state index contributed by atoms with van der Waals surface area (Å²) in [6.45, 7) is 6.60. The van der Waals surface area contributed by atoms with Crippen molar-refractivity contribution in [3.63, 3.8) is 0 Å². The second-order valence-electron chi connectivity index (χ2n) is 7.90. The van der Waals surface area contributed by atoms with E-state index in [1.165, 1.54) is 11.0 Å². The number of rotatable bonds is 2. The number of alkyl halides is 3. The van der Waals surface area contributed by atoms with Gasteiger partial charge in [0.05, 0.1) is 0 Å². The summed E-state index contributed by atoms with van der Waals surface area (Å²) in [4.78, 5) is 23.5. The molecule has 1 aromatic heterocycles. The molecule has 1 aromatic carbocycles. The summed E-state index contributed by atoms with van der Waals surface area (Å²) in [6.07, 6.45) is -5.07. The Morgan fingerprint density at radius 3 is 2.30 bits per heavy atom. The number of piperazine rings is 1. The molecule has 162 valence electrons. The molecule has 1 saturated heterocycles. The maximum atomic E-state index is 13.4. The maximum Gasteiger partial charge on any atom is 0.433 e. The van der Waals surface area contributed by atoms with Gasteiger partial charge in [0, 0.05) is 42.8 Å². The number of hydrogen-bond donors (Lipinski definition) is 0. The third-order valence-corrected chi connectivity index (χ3v) is 4.58. The smallest absolute Gasteiger partial charge is 0.433 e. The highest BCUT2D eigenvalue weighted by Gasteiger charge is 2.35. The number of halogens is 4. The lowest BCUT2D eigenvalue weighted by Crippen LogP contribution is -2.50. The van der Waals surface area contributed by atoms with E-state index in [1.807, 2.05) is 0 Å². The zero-order valence-electron chi connectivity index (χ0n) is 16.8. The van der Waals surface area contributed by atoms with Crippen molar-refractivity contribution in [1.29, 1.82) is 0 Å². The Labute approximate surface area is 177 Å². The summed E-state index contributed by atoms with van der Waals surface area (Å²) in [5.41, 5.74) is -1.26. The van der Waals surface area contributed by atoms with E-state index in [4.69, 9.17) is 16.3 Å². The normalized spacial score (nSPS) is 15.3. The number of amides is 1. The first-order chi connectivity index (χ1) is 13.9. The van der Waals surface area contributed by atoms with E-state index in [0.717, 1.165) is 6.07 Å². The first-order valence-corrected chi connectivity index (χ1v) is 9.75. The summed E-state index contributed by atoms with van der Waals surface area (Å²) in [5, 5.41) is 0.376. The molecule has 0 spiro atoms. The van der Waals surface area contributed by atoms with E-state index in [2.05, 4.69) is 9.97 Å². The summed E-state index contributed by atoms with van der Waals surface area (Å²) in [7, 11) is 0. The van der Waals surface area contributed by atoms with Crippen molar-refractivity contribution < 1.29 is 22.7 Å². The third kappa shape index (κ3) is 5.53. The van der Waals surface area contributed by atoms with Crippen molar-refractivity contribution in [1.82, 2.24) is 14.9 Å². The van der Waals surface area contributed by atoms with E-state index >= 15 is 0 Å². The fourth-order valence-electron chi connectivity index (χ4n) is 2.94. The van der Waals surface area contributed by atoms with Crippen LogP contribution in [0.1, 0.15) is 26.5 Å². The number of aromatic nitrogens is 2. The van der Waals surface area contributed by atoms with Gasteiger partial charge in [-0.15, -0.1) is 0 Å². The molecule has 1 aliphatic rings. The van der Waals surface area contributed by atoms with Crippen LogP contribution in [0, 0.1) is 0 Å². The molecule has 1 fully saturated rings. The monoisotopic (exact) mass is 442 g/mol. The first kappa shape index (κ1) is 22.1. The van der Waals surface area contributed by atoms with Gasteiger partial charge in [-0.3, -0.25) is 0 Å². The largest absolute Gasteiger partial charge is 0.444 e. The topological polar surface area (TPSA) is 58.6 Å². The molecular weight excluding hydrogens is 421 g/mol. The molecule has 0 atom stereocenters. The van der Waals surface area contributed by atoms with Crippen molar-refractivity contribution >= 4 is 23.5 Å². The van der Waals surface area contributed by atoms with Crippen molar-refractivity contribution in [3.8, 4) is 11.4 Å². The van der Waals surface area contributed by atoms with Gasteiger partial charge in [0.1, 0.15) is 11.4 Å². The number of hydrogen-bond acceptors (Lipinski definition) is 5. The standard InChI is InChI=1S/C20H22ClF3N4O2/c1-19(2,3)30-18(29)28-9-7-27(8-10-28)16-12-15(20(22,23)24)25-17(26-16)13-5-4-6-14(21)11-13/h4-6,11-12H,7-10H2,1-3H3. The molecule has 2 aromatic rings. The van der Waals surface area contributed by atoms with E-state index in [-0.39, 0.29) is 11.6 Å². The van der Waals surface area contributed by atoms with Crippen molar-refractivity contribution in [2.24, 2.45) is 0 Å². The van der Waals surface area contributed by atoms with Crippen molar-refractivity contribution in [2.75, 3.05) is 31.1 Å². The Balaban J connectivity index is 1.84. The first-order valence-electron chi connectivity index (χ1n) is 9.37. The van der Waals surface area contributed by atoms with Gasteiger partial charge in [0.25, 0.3) is 0 Å². The van der Waals surface area contributed by atoms with Crippen molar-refractivity contribution in [3.05, 3.63) is 41.0 Å². The molecular formula is C20H22ClF3N4O2. The second-order valence-corrected chi connectivity index (χ2v) is 8.33. The van der Waals surface area contributed by atoms with E-state index < -0.39 is 23.6 Å². The molecule has 0 saturated carbocycles. The Bertz CT molecular complexity index is 923. The number of nitrogens with zero attached hydrogens (tertiary/aromatic N) is 4. The van der Waals surface area contributed by atoms with Crippen LogP contribution >= 0.6 is 11.6 Å². The third-order valence-electron chi connectivity index (χ3n) is 4.34. The molecule has 0 unspecified atom stereocenters. The summed E-state index contributed by atoms with van der Waals surface area (Å²) < 4.78 is 45.6. The van der Waals surface area contributed by atoms with E-state index in [9.17, 15) is 18.0 Å². The predicted molar refractivity (Wildman–Crippen MR) is 108 cm³/mol. The zero-order chi connectivity index (χ0) is 22.1. The minimum atomic E-state index is -4.62. The van der Waals surface area contributed by atoms with Crippen LogP contribution in [0.15, 0.2) is 30.3 Å². The highest BCUT2D eigenvalue weighted by atomic mass is 35.5. The van der Waals surface area contributed by atoms with Crippen LogP contribution in [0.3, 0.4) is 0 Å². The molecule has 1 aliphatic heterocycles. The highest BCUT2D eigenvalue weighted by Crippen LogP contribution is 2.32. The summed E-state index contributed by atoms with van der Waals surface area (Å²) in [5.74, 6) is 0.0908. The van der Waals surface area contributed by atoms with Crippen LogP contribution in [-0.4, -0.2) is 52.7 Å². The maximum absolute atomic E-state index is 13.4. The Hall–Kier alpha value is -2.55. The fourth-order valence-corrected chi connectivity index (χ4v) is 3.13. The molecule has 0 radical (unpaired) electrons. The Kier molecular flexibility index (Phi) is 6.12. The lowest BCUT2D eigenvalue weighted by molar-refractivity contribution is -0.141. The van der Waals surface area contributed by atoms with Gasteiger partial charge in [0.2, 0.25) is 0 Å². The van der Waals surface area contributed by atoms with Gasteiger partial charge in [-0.1, -0.05) is 23.7 Å². The molecule has 0 bridgehead atoms. The van der Waals surface area contributed by atoms with Crippen LogP contribution in [0.2, 0.25) is 5.02 Å². The second kappa shape index (κ2) is 8.29. The zero-order valence-corrected chi connectivity index (χ0v) is 17.6. The lowest BCUT2D eigenvalue weighted by Gasteiger charge is -2.36. The van der Waals surface area contributed by atoms with Gasteiger partial charge in [-0.25, -0.2) is 14.8 Å². The van der Waals surface area contributed by atoms with Gasteiger partial charge in [0.15, 0.2) is 11.5 Å². The number of benzene rings is 1. The number of anilines is 1. The number of ether oxygens (including phenoxy) is 1. The molecule has 2 heterocycles. The minimum absolute atomic E-state index is 0.0584. The van der Waals surface area contributed by atoms with Crippen LogP contribution < -0.4 is 4.90 Å². The Morgan fingerprint density at radius 2 is 1.73 bits per heavy atom. The molecule has 0 aliphatic carbocycles. The van der Waals surface area contributed by atoms with E-state index in [0.29, 0.717) is 36.8 Å². The summed E-state index contributed by atoms with van der Waals surface area (Å²) in [6, 6.07) is 7.29. The minimum Gasteiger partial charge on any atom is -0.444 e. The molecule has 30 heavy (non-hydrogen) atoms. The fraction of sp³-hybridized carbons (Fsp3) is 0.450. The molecule has 10 heteroatoms. The number of carbonyl (C=O) groups excluding carboxylic acids is 1. The van der Waals surface area contributed by atoms with Gasteiger partial charge in [-0.05, 0) is 32.9 Å². The molecule has 0 N–H and O–H groups in total. The predicted octanol–water partition coefficient (Wildman–Crippen LogP) is 4.87. The molecule has 1 amide bonds. The molecule has 6 nitrogen and oxygen atoms in total. The van der Waals surface area contributed by atoms with Crippen LogP contribution in [0.4, 0.5) is 23.8 Å². The SMILES string of the molecule is CC(C)(C)OC(=O)N1CCN(c2cc(C(F)(F)F)nc(-c3cccc(Cl)c3)n2)CC1. The average molecular weight is 443 g/mol. The quantitative estimate of drug-likeness (QED) is 0.664. The van der Waals surface area contributed by atoms with Gasteiger partial charge < -0.3 is 14.5 Å². The van der Waals surface area contributed by atoms with Crippen LogP contribution in [0.5, 0.6) is 0 Å². The Morgan fingerprint density at radius 1 is 1.07 bits per heavy atom. The number of carbonyl (C=O) groups is 1. The average Bonchev–Trinajstić information content (AvgIpc) is 2.66. The lowest BCUT2D eigenvalue weighted by atomic mass is 10.2. The summed E-state index contributed by atoms with van der Waals surface area (Å²) >= 11 is 5.97.